The van der Waals surface area contributed by atoms with E-state index >= 15 is 0 Å². The Morgan fingerprint density at radius 2 is 1.78 bits per heavy atom. The molecule has 0 radical (unpaired) electrons. The van der Waals surface area contributed by atoms with Gasteiger partial charge in [-0.3, -0.25) is 4.79 Å². The number of methoxy groups -OCH3 is 1. The zero-order valence-corrected chi connectivity index (χ0v) is 15.7. The number of unbranched alkanes of at least 4 members (excludes halogenated alkanes) is 1. The zero-order chi connectivity index (χ0) is 19.5. The van der Waals surface area contributed by atoms with Gasteiger partial charge in [0.1, 0.15) is 11.5 Å². The lowest BCUT2D eigenvalue weighted by molar-refractivity contribution is -0.124. The molecule has 2 rings (SSSR count). The van der Waals surface area contributed by atoms with Crippen molar-refractivity contribution in [1.82, 2.24) is 5.32 Å². The highest BCUT2D eigenvalue weighted by Crippen LogP contribution is 2.16. The van der Waals surface area contributed by atoms with E-state index in [1.807, 2.05) is 24.3 Å². The van der Waals surface area contributed by atoms with Crippen LogP contribution in [0.1, 0.15) is 35.7 Å². The van der Waals surface area contributed by atoms with E-state index in [2.05, 4.69) is 12.2 Å². The molecule has 0 aliphatic heterocycles. The molecule has 0 saturated carbocycles. The summed E-state index contributed by atoms with van der Waals surface area (Å²) in [4.78, 5) is 23.9. The predicted octanol–water partition coefficient (Wildman–Crippen LogP) is 3.35. The van der Waals surface area contributed by atoms with Gasteiger partial charge >= 0.3 is 5.97 Å². The van der Waals surface area contributed by atoms with Gasteiger partial charge < -0.3 is 19.5 Å². The number of rotatable bonds is 10. The van der Waals surface area contributed by atoms with Crippen molar-refractivity contribution in [2.24, 2.45) is 0 Å². The lowest BCUT2D eigenvalue weighted by atomic mass is 10.2. The minimum atomic E-state index is -0.553. The molecule has 0 saturated heterocycles. The van der Waals surface area contributed by atoms with Crippen LogP contribution in [0, 0.1) is 0 Å². The largest absolute Gasteiger partial charge is 0.496 e. The molecule has 0 fully saturated rings. The number of hydrogen-bond donors (Lipinski definition) is 1. The van der Waals surface area contributed by atoms with Crippen LogP contribution in [0.15, 0.2) is 48.5 Å². The van der Waals surface area contributed by atoms with Gasteiger partial charge in [0.15, 0.2) is 6.61 Å². The standard InChI is InChI=1S/C21H25NO5/c1-3-4-13-26-18-11-9-16(10-12-18)21(24)27-15-20(23)22-14-17-7-5-6-8-19(17)25-2/h5-12H,3-4,13-15H2,1-2H3,(H,22,23). The molecule has 2 aromatic carbocycles. The van der Waals surface area contributed by atoms with Crippen molar-refractivity contribution in [2.45, 2.75) is 26.3 Å². The predicted molar refractivity (Wildman–Crippen MR) is 102 cm³/mol. The number of esters is 1. The first kappa shape index (κ1) is 20.3. The van der Waals surface area contributed by atoms with Crippen LogP contribution in [-0.2, 0) is 16.1 Å². The van der Waals surface area contributed by atoms with Crippen LogP contribution in [0.25, 0.3) is 0 Å². The number of para-hydroxylation sites is 1. The van der Waals surface area contributed by atoms with Gasteiger partial charge in [-0.05, 0) is 36.8 Å². The monoisotopic (exact) mass is 371 g/mol. The average Bonchev–Trinajstić information content (AvgIpc) is 2.71. The molecule has 27 heavy (non-hydrogen) atoms. The average molecular weight is 371 g/mol. The Bertz CT molecular complexity index is 742. The summed E-state index contributed by atoms with van der Waals surface area (Å²) in [5.74, 6) is 0.460. The molecule has 0 aliphatic rings. The fraction of sp³-hybridized carbons (Fsp3) is 0.333. The van der Waals surface area contributed by atoms with E-state index in [-0.39, 0.29) is 12.5 Å². The normalized spacial score (nSPS) is 10.1. The number of ether oxygens (including phenoxy) is 3. The maximum atomic E-state index is 12.0. The van der Waals surface area contributed by atoms with Crippen molar-refractivity contribution < 1.29 is 23.8 Å². The first-order chi connectivity index (χ1) is 13.1. The summed E-state index contributed by atoms with van der Waals surface area (Å²) in [6.07, 6.45) is 2.04. The third-order valence-electron chi connectivity index (χ3n) is 3.86. The van der Waals surface area contributed by atoms with Crippen LogP contribution in [0.4, 0.5) is 0 Å². The Morgan fingerprint density at radius 1 is 1.04 bits per heavy atom. The van der Waals surface area contributed by atoms with Crippen LogP contribution in [0.5, 0.6) is 11.5 Å². The summed E-state index contributed by atoms with van der Waals surface area (Å²) < 4.78 is 15.8. The van der Waals surface area contributed by atoms with Gasteiger partial charge in [-0.2, -0.15) is 0 Å². The Labute approximate surface area is 159 Å². The molecule has 0 aliphatic carbocycles. The smallest absolute Gasteiger partial charge is 0.338 e. The van der Waals surface area contributed by atoms with Crippen molar-refractivity contribution in [3.05, 3.63) is 59.7 Å². The first-order valence-electron chi connectivity index (χ1n) is 8.92. The van der Waals surface area contributed by atoms with Gasteiger partial charge in [0.05, 0.1) is 19.3 Å². The number of benzene rings is 2. The van der Waals surface area contributed by atoms with Crippen LogP contribution in [-0.4, -0.2) is 32.2 Å². The molecule has 0 spiro atoms. The van der Waals surface area contributed by atoms with E-state index in [4.69, 9.17) is 14.2 Å². The molecule has 2 aromatic rings. The second kappa shape index (κ2) is 10.9. The minimum Gasteiger partial charge on any atom is -0.496 e. The fourth-order valence-electron chi connectivity index (χ4n) is 2.33. The lowest BCUT2D eigenvalue weighted by Crippen LogP contribution is -2.28. The highest BCUT2D eigenvalue weighted by molar-refractivity contribution is 5.91. The van der Waals surface area contributed by atoms with E-state index in [0.717, 1.165) is 18.4 Å². The lowest BCUT2D eigenvalue weighted by Gasteiger charge is -2.10. The molecule has 144 valence electrons. The molecule has 0 bridgehead atoms. The van der Waals surface area contributed by atoms with E-state index in [1.54, 1.807) is 31.4 Å². The van der Waals surface area contributed by atoms with Crippen LogP contribution in [0.3, 0.4) is 0 Å². The summed E-state index contributed by atoms with van der Waals surface area (Å²) >= 11 is 0. The van der Waals surface area contributed by atoms with Crippen molar-refractivity contribution in [2.75, 3.05) is 20.3 Å². The Hall–Kier alpha value is -3.02. The molecular formula is C21H25NO5. The van der Waals surface area contributed by atoms with Gasteiger partial charge in [-0.25, -0.2) is 4.79 Å². The fourth-order valence-corrected chi connectivity index (χ4v) is 2.33. The van der Waals surface area contributed by atoms with Crippen LogP contribution in [0.2, 0.25) is 0 Å². The van der Waals surface area contributed by atoms with E-state index in [0.29, 0.717) is 30.2 Å². The maximum Gasteiger partial charge on any atom is 0.338 e. The van der Waals surface area contributed by atoms with Gasteiger partial charge in [0.25, 0.3) is 5.91 Å². The Balaban J connectivity index is 1.76. The second-order valence-electron chi connectivity index (χ2n) is 5.89. The SMILES string of the molecule is CCCCOc1ccc(C(=O)OCC(=O)NCc2ccccc2OC)cc1. The third kappa shape index (κ3) is 6.66. The van der Waals surface area contributed by atoms with Gasteiger partial charge in [-0.15, -0.1) is 0 Å². The minimum absolute atomic E-state index is 0.296. The molecule has 1 N–H and O–H groups in total. The topological polar surface area (TPSA) is 73.9 Å². The Morgan fingerprint density at radius 3 is 2.48 bits per heavy atom. The van der Waals surface area contributed by atoms with Crippen molar-refractivity contribution in [1.29, 1.82) is 0 Å². The molecule has 6 nitrogen and oxygen atoms in total. The number of amides is 1. The number of carbonyl (C=O) groups is 2. The Kier molecular flexibility index (Phi) is 8.16. The van der Waals surface area contributed by atoms with Crippen molar-refractivity contribution in [3.8, 4) is 11.5 Å². The molecule has 1 amide bonds. The number of hydrogen-bond acceptors (Lipinski definition) is 5. The summed E-state index contributed by atoms with van der Waals surface area (Å²) in [5, 5.41) is 2.70. The molecule has 0 unspecified atom stereocenters. The second-order valence-corrected chi connectivity index (χ2v) is 5.89. The summed E-state index contributed by atoms with van der Waals surface area (Å²) in [6, 6.07) is 14.1. The maximum absolute atomic E-state index is 12.0. The molecular weight excluding hydrogens is 346 g/mol. The third-order valence-corrected chi connectivity index (χ3v) is 3.86. The number of carbonyl (C=O) groups excluding carboxylic acids is 2. The van der Waals surface area contributed by atoms with Crippen LogP contribution < -0.4 is 14.8 Å². The zero-order valence-electron chi connectivity index (χ0n) is 15.7. The van der Waals surface area contributed by atoms with Gasteiger partial charge in [0.2, 0.25) is 0 Å². The summed E-state index contributed by atoms with van der Waals surface area (Å²) in [5.41, 5.74) is 1.22. The molecule has 0 aromatic heterocycles. The first-order valence-corrected chi connectivity index (χ1v) is 8.92. The van der Waals surface area contributed by atoms with Crippen LogP contribution >= 0.6 is 0 Å². The quantitative estimate of drug-likeness (QED) is 0.512. The van der Waals surface area contributed by atoms with Crippen molar-refractivity contribution in [3.63, 3.8) is 0 Å². The van der Waals surface area contributed by atoms with Crippen molar-refractivity contribution >= 4 is 11.9 Å². The summed E-state index contributed by atoms with van der Waals surface area (Å²) in [7, 11) is 1.57. The van der Waals surface area contributed by atoms with Gasteiger partial charge in [0, 0.05) is 12.1 Å². The summed E-state index contributed by atoms with van der Waals surface area (Å²) in [6.45, 7) is 2.69. The molecule has 0 atom stereocenters. The van der Waals surface area contributed by atoms with E-state index < -0.39 is 5.97 Å². The molecule has 0 heterocycles. The van der Waals surface area contributed by atoms with Gasteiger partial charge in [-0.1, -0.05) is 31.5 Å². The highest BCUT2D eigenvalue weighted by atomic mass is 16.5. The number of nitrogens with one attached hydrogen (secondary N) is 1. The highest BCUT2D eigenvalue weighted by Gasteiger charge is 2.11. The van der Waals surface area contributed by atoms with E-state index in [9.17, 15) is 9.59 Å². The molecule has 6 heteroatoms. The van der Waals surface area contributed by atoms with E-state index in [1.165, 1.54) is 0 Å².